The van der Waals surface area contributed by atoms with E-state index in [9.17, 15) is 14.4 Å². The molecule has 0 spiro atoms. The van der Waals surface area contributed by atoms with Crippen molar-refractivity contribution < 1.29 is 19.1 Å². The van der Waals surface area contributed by atoms with Gasteiger partial charge in [-0.3, -0.25) is 9.59 Å². The van der Waals surface area contributed by atoms with Gasteiger partial charge in [0.05, 0.1) is 10.7 Å². The molecule has 36 heavy (non-hydrogen) atoms. The summed E-state index contributed by atoms with van der Waals surface area (Å²) in [6, 6.07) is 11.2. The number of rotatable bonds is 9. The molecule has 0 heterocycles. The molecule has 7 nitrogen and oxygen atoms in total. The lowest BCUT2D eigenvalue weighted by atomic mass is 9.97. The van der Waals surface area contributed by atoms with E-state index in [-0.39, 0.29) is 13.1 Å². The Balaban J connectivity index is 2.46. The minimum Gasteiger partial charge on any atom is -0.444 e. The van der Waals surface area contributed by atoms with Gasteiger partial charge in [-0.2, -0.15) is 0 Å². The number of unbranched alkanes of at least 4 members (excludes halogenated alkanes) is 1. The van der Waals surface area contributed by atoms with Crippen LogP contribution in [0.25, 0.3) is 0 Å². The molecule has 192 valence electrons. The van der Waals surface area contributed by atoms with Crippen LogP contribution in [0.5, 0.6) is 0 Å². The van der Waals surface area contributed by atoms with Gasteiger partial charge in [0.2, 0.25) is 5.91 Å². The summed E-state index contributed by atoms with van der Waals surface area (Å²) in [6.45, 7) is 8.95. The number of nitrogens with zero attached hydrogens (tertiary/aromatic N) is 1. The molecule has 1 unspecified atom stereocenters. The van der Waals surface area contributed by atoms with E-state index in [1.807, 2.05) is 19.9 Å². The number of carbonyl (C=O) groups is 3. The van der Waals surface area contributed by atoms with Crippen molar-refractivity contribution in [3.05, 3.63) is 64.2 Å². The molecule has 2 aromatic carbocycles. The van der Waals surface area contributed by atoms with E-state index < -0.39 is 29.6 Å². The molecular weight excluding hydrogens is 478 g/mol. The molecule has 0 fully saturated rings. The van der Waals surface area contributed by atoms with Crippen molar-refractivity contribution in [2.24, 2.45) is 0 Å². The van der Waals surface area contributed by atoms with Gasteiger partial charge >= 0.3 is 6.09 Å². The first kappa shape index (κ1) is 28.7. The van der Waals surface area contributed by atoms with Crippen molar-refractivity contribution in [2.45, 2.75) is 59.1 Å². The summed E-state index contributed by atoms with van der Waals surface area (Å²) in [5.41, 5.74) is 1.52. The predicted molar refractivity (Wildman–Crippen MR) is 143 cm³/mol. The molecule has 0 aliphatic rings. The van der Waals surface area contributed by atoms with Gasteiger partial charge in [0.25, 0.3) is 5.91 Å². The Morgan fingerprint density at radius 2 is 1.83 bits per heavy atom. The van der Waals surface area contributed by atoms with Crippen LogP contribution < -0.4 is 10.6 Å². The van der Waals surface area contributed by atoms with Crippen LogP contribution in [0, 0.1) is 19.3 Å². The average molecular weight is 512 g/mol. The Hall–Kier alpha value is -3.50. The fourth-order valence-electron chi connectivity index (χ4n) is 3.59. The lowest BCUT2D eigenvalue weighted by Crippen LogP contribution is -2.47. The highest BCUT2D eigenvalue weighted by Gasteiger charge is 2.33. The maximum Gasteiger partial charge on any atom is 0.408 e. The maximum absolute atomic E-state index is 13.8. The van der Waals surface area contributed by atoms with E-state index in [0.29, 0.717) is 28.3 Å². The van der Waals surface area contributed by atoms with E-state index in [0.717, 1.165) is 12.0 Å². The molecule has 0 aromatic heterocycles. The first-order chi connectivity index (χ1) is 17.0. The molecule has 2 N–H and O–H groups in total. The van der Waals surface area contributed by atoms with Crippen molar-refractivity contribution in [2.75, 3.05) is 18.4 Å². The Bertz CT molecular complexity index is 1110. The number of para-hydroxylation sites is 1. The number of benzene rings is 2. The zero-order chi connectivity index (χ0) is 26.9. The second-order valence-electron chi connectivity index (χ2n) is 9.35. The summed E-state index contributed by atoms with van der Waals surface area (Å²) in [5.74, 6) is 1.70. The van der Waals surface area contributed by atoms with Crippen LogP contribution >= 0.6 is 11.6 Å². The van der Waals surface area contributed by atoms with Crippen molar-refractivity contribution in [1.82, 2.24) is 10.2 Å². The molecule has 8 heteroatoms. The van der Waals surface area contributed by atoms with Crippen molar-refractivity contribution >= 4 is 35.2 Å². The van der Waals surface area contributed by atoms with E-state index in [4.69, 9.17) is 22.8 Å². The van der Waals surface area contributed by atoms with Crippen LogP contribution in [-0.4, -0.2) is 41.5 Å². The predicted octanol–water partition coefficient (Wildman–Crippen LogP) is 5.46. The lowest BCUT2D eigenvalue weighted by molar-refractivity contribution is -0.138. The number of terminal acetylenes is 1. The highest BCUT2D eigenvalue weighted by molar-refractivity contribution is 6.34. The lowest BCUT2D eigenvalue weighted by Gasteiger charge is -2.32. The fourth-order valence-corrected chi connectivity index (χ4v) is 3.86. The van der Waals surface area contributed by atoms with E-state index in [1.54, 1.807) is 57.2 Å². The normalized spacial score (nSPS) is 11.7. The van der Waals surface area contributed by atoms with Gasteiger partial charge < -0.3 is 20.3 Å². The number of hydrogen-bond donors (Lipinski definition) is 2. The van der Waals surface area contributed by atoms with Crippen LogP contribution in [0.1, 0.15) is 63.3 Å². The molecule has 0 radical (unpaired) electrons. The van der Waals surface area contributed by atoms with Gasteiger partial charge in [-0.25, -0.2) is 4.79 Å². The van der Waals surface area contributed by atoms with Crippen molar-refractivity contribution in [1.29, 1.82) is 0 Å². The molecule has 2 aromatic rings. The average Bonchev–Trinajstić information content (AvgIpc) is 2.81. The third-order valence-corrected chi connectivity index (χ3v) is 5.61. The number of alkyl carbamates (subject to hydrolysis) is 1. The van der Waals surface area contributed by atoms with Crippen LogP contribution in [0.3, 0.4) is 0 Å². The molecule has 0 bridgehead atoms. The van der Waals surface area contributed by atoms with E-state index >= 15 is 0 Å². The molecule has 3 amide bonds. The summed E-state index contributed by atoms with van der Waals surface area (Å²) in [7, 11) is 0. The van der Waals surface area contributed by atoms with Gasteiger partial charge in [0, 0.05) is 12.1 Å². The summed E-state index contributed by atoms with van der Waals surface area (Å²) in [6.07, 6.45) is 6.46. The number of aryl methyl sites for hydroxylation is 1. The first-order valence-corrected chi connectivity index (χ1v) is 12.2. The Morgan fingerprint density at radius 1 is 1.14 bits per heavy atom. The molecule has 1 atom stereocenters. The van der Waals surface area contributed by atoms with E-state index in [1.165, 1.54) is 4.90 Å². The van der Waals surface area contributed by atoms with Crippen LogP contribution in [-0.2, 0) is 14.3 Å². The SMILES string of the molecule is C#Cc1ccccc1C(C(=O)Nc1c(C)cccc1Cl)N(CCCC)C(=O)CNC(=O)OC(C)(C)C. The summed E-state index contributed by atoms with van der Waals surface area (Å²) < 4.78 is 5.24. The standard InChI is InChI=1S/C28H34ClN3O4/c1-7-9-17-32(23(33)18-30-27(35)36-28(4,5)6)25(21-15-11-10-14-20(21)8-2)26(34)31-24-19(3)13-12-16-22(24)29/h2,10-16,25H,7,9,17-18H2,1,3-6H3,(H,30,35)(H,31,34). The number of nitrogens with one attached hydrogen (secondary N) is 2. The quantitative estimate of drug-likeness (QED) is 0.437. The van der Waals surface area contributed by atoms with E-state index in [2.05, 4.69) is 16.6 Å². The zero-order valence-corrected chi connectivity index (χ0v) is 22.2. The fraction of sp³-hybridized carbons (Fsp3) is 0.393. The second kappa shape index (κ2) is 13.0. The first-order valence-electron chi connectivity index (χ1n) is 11.9. The molecule has 0 saturated carbocycles. The van der Waals surface area contributed by atoms with Crippen molar-refractivity contribution in [3.63, 3.8) is 0 Å². The largest absolute Gasteiger partial charge is 0.444 e. The number of anilines is 1. The third kappa shape index (κ3) is 8.03. The number of halogens is 1. The molecule has 0 aliphatic carbocycles. The smallest absolute Gasteiger partial charge is 0.408 e. The monoisotopic (exact) mass is 511 g/mol. The Morgan fingerprint density at radius 3 is 2.44 bits per heavy atom. The Kier molecular flexibility index (Phi) is 10.4. The summed E-state index contributed by atoms with van der Waals surface area (Å²) >= 11 is 6.36. The highest BCUT2D eigenvalue weighted by atomic mass is 35.5. The number of hydrogen-bond acceptors (Lipinski definition) is 4. The minimum atomic E-state index is -1.05. The van der Waals surface area contributed by atoms with Crippen molar-refractivity contribution in [3.8, 4) is 12.3 Å². The van der Waals surface area contributed by atoms with Gasteiger partial charge in [0.15, 0.2) is 0 Å². The summed E-state index contributed by atoms with van der Waals surface area (Å²) in [4.78, 5) is 40.8. The van der Waals surface area contributed by atoms with Gasteiger partial charge in [-0.15, -0.1) is 6.42 Å². The zero-order valence-electron chi connectivity index (χ0n) is 21.5. The highest BCUT2D eigenvalue weighted by Crippen LogP contribution is 2.30. The van der Waals surface area contributed by atoms with Gasteiger partial charge in [-0.1, -0.05) is 61.2 Å². The maximum atomic E-state index is 13.8. The molecule has 2 rings (SSSR count). The summed E-state index contributed by atoms with van der Waals surface area (Å²) in [5, 5.41) is 5.76. The molecule has 0 saturated heterocycles. The molecular formula is C28H34ClN3O4. The number of amides is 3. The third-order valence-electron chi connectivity index (χ3n) is 5.30. The van der Waals surface area contributed by atoms with Gasteiger partial charge in [0.1, 0.15) is 18.2 Å². The van der Waals surface area contributed by atoms with Crippen LogP contribution in [0.15, 0.2) is 42.5 Å². The topological polar surface area (TPSA) is 87.7 Å². The molecule has 0 aliphatic heterocycles. The van der Waals surface area contributed by atoms with Gasteiger partial charge in [-0.05, 0) is 57.4 Å². The van der Waals surface area contributed by atoms with Crippen LogP contribution in [0.4, 0.5) is 10.5 Å². The number of ether oxygens (including phenoxy) is 1. The Labute approximate surface area is 218 Å². The second-order valence-corrected chi connectivity index (χ2v) is 9.76. The number of carbonyl (C=O) groups excluding carboxylic acids is 3. The van der Waals surface area contributed by atoms with Crippen LogP contribution in [0.2, 0.25) is 5.02 Å². The minimum absolute atomic E-state index is 0.282.